The number of aromatic nitrogens is 1. The molecule has 106 valence electrons. The van der Waals surface area contributed by atoms with Crippen LogP contribution in [0.1, 0.15) is 34.7 Å². The van der Waals surface area contributed by atoms with Crippen molar-refractivity contribution in [2.45, 2.75) is 19.9 Å². The Morgan fingerprint density at radius 2 is 2.11 bits per heavy atom. The highest BCUT2D eigenvalue weighted by molar-refractivity contribution is 5.99. The van der Waals surface area contributed by atoms with Crippen LogP contribution in [-0.4, -0.2) is 46.8 Å². The first-order valence-corrected chi connectivity index (χ1v) is 6.19. The first-order chi connectivity index (χ1) is 8.49. The van der Waals surface area contributed by atoms with Gasteiger partial charge >= 0.3 is 0 Å². The molecule has 0 aliphatic carbocycles. The molecule has 1 aliphatic rings. The summed E-state index contributed by atoms with van der Waals surface area (Å²) in [5.41, 5.74) is 1.17. The van der Waals surface area contributed by atoms with Crippen molar-refractivity contribution in [3.63, 3.8) is 0 Å². The van der Waals surface area contributed by atoms with Crippen LogP contribution in [0.5, 0.6) is 0 Å². The highest BCUT2D eigenvalue weighted by Crippen LogP contribution is 2.12. The van der Waals surface area contributed by atoms with Gasteiger partial charge in [0, 0.05) is 44.5 Å². The second-order valence-electron chi connectivity index (χ2n) is 4.89. The van der Waals surface area contributed by atoms with Crippen molar-refractivity contribution < 1.29 is 9.59 Å². The zero-order valence-corrected chi connectivity index (χ0v) is 12.3. The molecular weight excluding hydrogens is 266 g/mol. The second kappa shape index (κ2) is 6.21. The maximum atomic E-state index is 12.4. The van der Waals surface area contributed by atoms with E-state index in [1.165, 1.54) is 6.92 Å². The van der Waals surface area contributed by atoms with Gasteiger partial charge in [-0.05, 0) is 19.9 Å². The van der Waals surface area contributed by atoms with Gasteiger partial charge in [-0.3, -0.25) is 9.59 Å². The number of aryl methyl sites for hydroxylation is 1. The van der Waals surface area contributed by atoms with Crippen LogP contribution in [0.3, 0.4) is 0 Å². The van der Waals surface area contributed by atoms with E-state index in [4.69, 9.17) is 0 Å². The van der Waals surface area contributed by atoms with Crippen LogP contribution >= 0.6 is 12.4 Å². The molecule has 1 unspecified atom stereocenters. The fourth-order valence-corrected chi connectivity index (χ4v) is 2.25. The summed E-state index contributed by atoms with van der Waals surface area (Å²) in [6.45, 7) is 5.81. The third kappa shape index (κ3) is 3.36. The molecule has 5 nitrogen and oxygen atoms in total. The fraction of sp³-hybridized carbons (Fsp3) is 0.538. The monoisotopic (exact) mass is 285 g/mol. The van der Waals surface area contributed by atoms with Crippen LogP contribution < -0.4 is 5.32 Å². The lowest BCUT2D eigenvalue weighted by Crippen LogP contribution is -2.51. The van der Waals surface area contributed by atoms with Crippen LogP contribution in [0.15, 0.2) is 12.3 Å². The zero-order chi connectivity index (χ0) is 13.3. The molecule has 1 saturated heterocycles. The van der Waals surface area contributed by atoms with E-state index in [0.29, 0.717) is 30.4 Å². The standard InChI is InChI=1S/C13H19N3O2.ClH/c1-9-7-16(5-4-14-9)13(18)12-6-11(10(2)17)8-15(12)3;/h6,8-9,14H,4-5,7H2,1-3H3;1H. The predicted molar refractivity (Wildman–Crippen MR) is 76.0 cm³/mol. The van der Waals surface area contributed by atoms with Crippen molar-refractivity contribution >= 4 is 24.1 Å². The largest absolute Gasteiger partial charge is 0.346 e. The average molecular weight is 286 g/mol. The zero-order valence-electron chi connectivity index (χ0n) is 11.5. The molecule has 1 aromatic heterocycles. The summed E-state index contributed by atoms with van der Waals surface area (Å²) >= 11 is 0. The molecule has 0 radical (unpaired) electrons. The first kappa shape index (κ1) is 15.7. The van der Waals surface area contributed by atoms with Gasteiger partial charge in [0.2, 0.25) is 0 Å². The molecule has 6 heteroatoms. The number of hydrogen-bond acceptors (Lipinski definition) is 3. The molecule has 0 spiro atoms. The van der Waals surface area contributed by atoms with Gasteiger partial charge in [-0.15, -0.1) is 12.4 Å². The number of hydrogen-bond donors (Lipinski definition) is 1. The van der Waals surface area contributed by atoms with E-state index in [0.717, 1.165) is 6.54 Å². The van der Waals surface area contributed by atoms with Gasteiger partial charge in [0.05, 0.1) is 0 Å². The maximum Gasteiger partial charge on any atom is 0.270 e. The molecule has 2 heterocycles. The third-order valence-corrected chi connectivity index (χ3v) is 3.29. The van der Waals surface area contributed by atoms with E-state index in [1.807, 2.05) is 4.90 Å². The number of rotatable bonds is 2. The molecular formula is C13H20ClN3O2. The number of carbonyl (C=O) groups excluding carboxylic acids is 2. The maximum absolute atomic E-state index is 12.4. The summed E-state index contributed by atoms with van der Waals surface area (Å²) in [6.07, 6.45) is 1.71. The average Bonchev–Trinajstić information content (AvgIpc) is 2.70. The van der Waals surface area contributed by atoms with Gasteiger partial charge in [0.25, 0.3) is 5.91 Å². The van der Waals surface area contributed by atoms with Crippen molar-refractivity contribution in [2.75, 3.05) is 19.6 Å². The number of ketones is 1. The lowest BCUT2D eigenvalue weighted by atomic mass is 10.2. The predicted octanol–water partition coefficient (Wildman–Crippen LogP) is 1.08. The Balaban J connectivity index is 0.00000180. The lowest BCUT2D eigenvalue weighted by Gasteiger charge is -2.31. The summed E-state index contributed by atoms with van der Waals surface area (Å²) in [6, 6.07) is 1.99. The Kier molecular flexibility index (Phi) is 5.14. The number of halogens is 1. The molecule has 1 aliphatic heterocycles. The van der Waals surface area contributed by atoms with Gasteiger partial charge in [-0.25, -0.2) is 0 Å². The number of nitrogens with zero attached hydrogens (tertiary/aromatic N) is 2. The molecule has 2 rings (SSSR count). The van der Waals surface area contributed by atoms with E-state index >= 15 is 0 Å². The Morgan fingerprint density at radius 1 is 1.42 bits per heavy atom. The summed E-state index contributed by atoms with van der Waals surface area (Å²) in [4.78, 5) is 25.5. The molecule has 0 bridgehead atoms. The topological polar surface area (TPSA) is 54.3 Å². The number of amides is 1. The SMILES string of the molecule is CC(=O)c1cc(C(=O)N2CCNC(C)C2)n(C)c1.Cl. The summed E-state index contributed by atoms with van der Waals surface area (Å²) in [5, 5.41) is 3.30. The molecule has 1 amide bonds. The Labute approximate surface area is 119 Å². The van der Waals surface area contributed by atoms with E-state index in [2.05, 4.69) is 12.2 Å². The van der Waals surface area contributed by atoms with Crippen LogP contribution in [0, 0.1) is 0 Å². The lowest BCUT2D eigenvalue weighted by molar-refractivity contribution is 0.0699. The molecule has 1 aromatic rings. The van der Waals surface area contributed by atoms with Crippen LogP contribution in [0.4, 0.5) is 0 Å². The van der Waals surface area contributed by atoms with Crippen molar-refractivity contribution in [3.8, 4) is 0 Å². The van der Waals surface area contributed by atoms with Crippen molar-refractivity contribution in [2.24, 2.45) is 7.05 Å². The Hall–Kier alpha value is -1.33. The Bertz CT molecular complexity index is 484. The second-order valence-corrected chi connectivity index (χ2v) is 4.89. The molecule has 0 aromatic carbocycles. The van der Waals surface area contributed by atoms with E-state index in [1.54, 1.807) is 23.9 Å². The van der Waals surface area contributed by atoms with Gasteiger partial charge in [0.15, 0.2) is 5.78 Å². The summed E-state index contributed by atoms with van der Waals surface area (Å²) < 4.78 is 1.73. The van der Waals surface area contributed by atoms with Crippen LogP contribution in [-0.2, 0) is 7.05 Å². The molecule has 1 fully saturated rings. The number of piperazine rings is 1. The molecule has 19 heavy (non-hydrogen) atoms. The first-order valence-electron chi connectivity index (χ1n) is 6.19. The minimum Gasteiger partial charge on any atom is -0.346 e. The number of Topliss-reactive ketones (excluding diaryl/α,β-unsaturated/α-hetero) is 1. The quantitative estimate of drug-likeness (QED) is 0.828. The molecule has 0 saturated carbocycles. The number of carbonyl (C=O) groups is 2. The third-order valence-electron chi connectivity index (χ3n) is 3.29. The van der Waals surface area contributed by atoms with E-state index in [9.17, 15) is 9.59 Å². The van der Waals surface area contributed by atoms with Crippen molar-refractivity contribution in [1.82, 2.24) is 14.8 Å². The van der Waals surface area contributed by atoms with E-state index in [-0.39, 0.29) is 24.1 Å². The summed E-state index contributed by atoms with van der Waals surface area (Å²) in [5.74, 6) is -0.0170. The van der Waals surface area contributed by atoms with Crippen molar-refractivity contribution in [3.05, 3.63) is 23.5 Å². The van der Waals surface area contributed by atoms with E-state index < -0.39 is 0 Å². The minimum absolute atomic E-state index is 0. The van der Waals surface area contributed by atoms with Gasteiger partial charge in [0.1, 0.15) is 5.69 Å². The molecule has 1 N–H and O–H groups in total. The van der Waals surface area contributed by atoms with Crippen LogP contribution in [0.2, 0.25) is 0 Å². The van der Waals surface area contributed by atoms with Gasteiger partial charge < -0.3 is 14.8 Å². The smallest absolute Gasteiger partial charge is 0.270 e. The van der Waals surface area contributed by atoms with Gasteiger partial charge in [-0.2, -0.15) is 0 Å². The highest BCUT2D eigenvalue weighted by atomic mass is 35.5. The minimum atomic E-state index is -0.0154. The highest BCUT2D eigenvalue weighted by Gasteiger charge is 2.24. The Morgan fingerprint density at radius 3 is 2.63 bits per heavy atom. The molecule has 1 atom stereocenters. The number of nitrogens with one attached hydrogen (secondary N) is 1. The fourth-order valence-electron chi connectivity index (χ4n) is 2.25. The van der Waals surface area contributed by atoms with Crippen LogP contribution in [0.25, 0.3) is 0 Å². The van der Waals surface area contributed by atoms with Gasteiger partial charge in [-0.1, -0.05) is 0 Å². The normalized spacial score (nSPS) is 18.9. The van der Waals surface area contributed by atoms with Crippen molar-refractivity contribution in [1.29, 1.82) is 0 Å². The summed E-state index contributed by atoms with van der Waals surface area (Å²) in [7, 11) is 1.80.